The summed E-state index contributed by atoms with van der Waals surface area (Å²) in [5.74, 6) is 0.141. The molecule has 0 aromatic heterocycles. The Bertz CT molecular complexity index is 1150. The van der Waals surface area contributed by atoms with E-state index in [9.17, 15) is 9.59 Å². The van der Waals surface area contributed by atoms with Crippen molar-refractivity contribution in [3.05, 3.63) is 60.2 Å². The second kappa shape index (κ2) is 10.5. The molecule has 6 heteroatoms. The quantitative estimate of drug-likeness (QED) is 0.428. The summed E-state index contributed by atoms with van der Waals surface area (Å²) in [4.78, 5) is 22.5. The lowest BCUT2D eigenvalue weighted by molar-refractivity contribution is -0.137. The van der Waals surface area contributed by atoms with Gasteiger partial charge < -0.3 is 20.3 Å². The number of carboxylic acids is 1. The largest absolute Gasteiger partial charge is 0.493 e. The summed E-state index contributed by atoms with van der Waals surface area (Å²) < 4.78 is 6.26. The van der Waals surface area contributed by atoms with Crippen LogP contribution in [0.4, 0.5) is 5.69 Å². The van der Waals surface area contributed by atoms with Crippen LogP contribution in [-0.2, 0) is 16.0 Å². The average molecular weight is 448 g/mol. The molecule has 172 valence electrons. The third-order valence-corrected chi connectivity index (χ3v) is 6.20. The standard InChI is InChI=1S/C27H29NO5/c29-16-26(30)28-23-10-9-20-14-22(8-7-21(20)15-23)24-13-18(6-12-27(31)32)5-11-25(24)33-17-19-3-1-2-4-19/h5,7-11,13-15,19,29H,1-4,6,12,16-17H2,(H,28,30)(H,31,32). The van der Waals surface area contributed by atoms with Crippen molar-refractivity contribution in [2.45, 2.75) is 38.5 Å². The van der Waals surface area contributed by atoms with Crippen LogP contribution in [-0.4, -0.2) is 35.3 Å². The normalized spacial score (nSPS) is 13.8. The Hall–Kier alpha value is -3.38. The van der Waals surface area contributed by atoms with Gasteiger partial charge in [-0.2, -0.15) is 0 Å². The van der Waals surface area contributed by atoms with E-state index >= 15 is 0 Å². The minimum Gasteiger partial charge on any atom is -0.493 e. The van der Waals surface area contributed by atoms with E-state index in [4.69, 9.17) is 14.9 Å². The van der Waals surface area contributed by atoms with Crippen molar-refractivity contribution in [2.75, 3.05) is 18.5 Å². The number of ether oxygens (including phenoxy) is 1. The van der Waals surface area contributed by atoms with Crippen molar-refractivity contribution in [3.8, 4) is 16.9 Å². The number of fused-ring (bicyclic) bond motifs is 1. The molecule has 0 aliphatic heterocycles. The molecular formula is C27H29NO5. The van der Waals surface area contributed by atoms with Crippen molar-refractivity contribution in [1.29, 1.82) is 0 Å². The number of carbonyl (C=O) groups excluding carboxylic acids is 1. The molecule has 1 aliphatic carbocycles. The Morgan fingerprint density at radius 2 is 1.73 bits per heavy atom. The van der Waals surface area contributed by atoms with Crippen LogP contribution in [0.15, 0.2) is 54.6 Å². The van der Waals surface area contributed by atoms with Crippen LogP contribution in [0.3, 0.4) is 0 Å². The van der Waals surface area contributed by atoms with E-state index in [1.54, 1.807) is 6.07 Å². The smallest absolute Gasteiger partial charge is 0.303 e. The van der Waals surface area contributed by atoms with E-state index < -0.39 is 18.5 Å². The highest BCUT2D eigenvalue weighted by Crippen LogP contribution is 2.35. The van der Waals surface area contributed by atoms with E-state index in [2.05, 4.69) is 11.4 Å². The van der Waals surface area contributed by atoms with Gasteiger partial charge in [0.05, 0.1) is 6.61 Å². The SMILES string of the molecule is O=C(O)CCc1ccc(OCC2CCCC2)c(-c2ccc3cc(NC(=O)CO)ccc3c2)c1. The van der Waals surface area contributed by atoms with Gasteiger partial charge in [-0.1, -0.05) is 37.1 Å². The topological polar surface area (TPSA) is 95.9 Å². The first kappa shape index (κ1) is 22.8. The van der Waals surface area contributed by atoms with Gasteiger partial charge in [-0.3, -0.25) is 9.59 Å². The lowest BCUT2D eigenvalue weighted by atomic mass is 9.97. The summed E-state index contributed by atoms with van der Waals surface area (Å²) in [6, 6.07) is 17.6. The summed E-state index contributed by atoms with van der Waals surface area (Å²) in [7, 11) is 0. The highest BCUT2D eigenvalue weighted by Gasteiger charge is 2.17. The van der Waals surface area contributed by atoms with Gasteiger partial charge in [-0.25, -0.2) is 0 Å². The summed E-state index contributed by atoms with van der Waals surface area (Å²) in [5.41, 5.74) is 3.54. The molecule has 1 amide bonds. The molecule has 1 aliphatic rings. The molecule has 0 saturated heterocycles. The van der Waals surface area contributed by atoms with Crippen LogP contribution in [0.5, 0.6) is 5.75 Å². The first-order chi connectivity index (χ1) is 16.0. The second-order valence-electron chi connectivity index (χ2n) is 8.67. The number of aliphatic carboxylic acids is 1. The Morgan fingerprint density at radius 1 is 0.970 bits per heavy atom. The van der Waals surface area contributed by atoms with Crippen LogP contribution in [0, 0.1) is 5.92 Å². The van der Waals surface area contributed by atoms with E-state index in [1.165, 1.54) is 25.7 Å². The number of carboxylic acid groups (broad SMARTS) is 1. The molecule has 0 spiro atoms. The lowest BCUT2D eigenvalue weighted by Gasteiger charge is -2.17. The average Bonchev–Trinajstić information content (AvgIpc) is 3.35. The molecule has 0 bridgehead atoms. The number of amides is 1. The van der Waals surface area contributed by atoms with Gasteiger partial charge in [0.25, 0.3) is 0 Å². The summed E-state index contributed by atoms with van der Waals surface area (Å²) >= 11 is 0. The number of aryl methyl sites for hydroxylation is 1. The number of anilines is 1. The van der Waals surface area contributed by atoms with E-state index in [1.807, 2.05) is 42.5 Å². The Morgan fingerprint density at radius 3 is 2.48 bits per heavy atom. The van der Waals surface area contributed by atoms with Crippen molar-refractivity contribution in [2.24, 2.45) is 5.92 Å². The first-order valence-electron chi connectivity index (χ1n) is 11.4. The Kier molecular flexibility index (Phi) is 7.25. The molecule has 1 saturated carbocycles. The molecule has 6 nitrogen and oxygen atoms in total. The van der Waals surface area contributed by atoms with Gasteiger partial charge in [-0.15, -0.1) is 0 Å². The maximum absolute atomic E-state index is 11.5. The van der Waals surface area contributed by atoms with Gasteiger partial charge in [0.1, 0.15) is 12.4 Å². The van der Waals surface area contributed by atoms with Crippen LogP contribution in [0.2, 0.25) is 0 Å². The maximum atomic E-state index is 11.5. The van der Waals surface area contributed by atoms with Gasteiger partial charge in [0.2, 0.25) is 5.91 Å². The number of aliphatic hydroxyl groups is 1. The number of carbonyl (C=O) groups is 2. The van der Waals surface area contributed by atoms with Gasteiger partial charge >= 0.3 is 5.97 Å². The molecule has 33 heavy (non-hydrogen) atoms. The molecule has 0 unspecified atom stereocenters. The Balaban J connectivity index is 1.64. The highest BCUT2D eigenvalue weighted by molar-refractivity contribution is 5.96. The molecular weight excluding hydrogens is 418 g/mol. The molecule has 0 radical (unpaired) electrons. The third-order valence-electron chi connectivity index (χ3n) is 6.20. The molecule has 3 aromatic rings. The first-order valence-corrected chi connectivity index (χ1v) is 11.4. The predicted octanol–water partition coefficient (Wildman–Crippen LogP) is 5.02. The monoisotopic (exact) mass is 447 g/mol. The zero-order valence-corrected chi connectivity index (χ0v) is 18.5. The number of aliphatic hydroxyl groups excluding tert-OH is 1. The predicted molar refractivity (Wildman–Crippen MR) is 129 cm³/mol. The van der Waals surface area contributed by atoms with Crippen molar-refractivity contribution >= 4 is 28.3 Å². The summed E-state index contributed by atoms with van der Waals surface area (Å²) in [5, 5.41) is 22.6. The number of hydrogen-bond donors (Lipinski definition) is 3. The molecule has 0 heterocycles. The molecule has 3 aromatic carbocycles. The Labute approximate surface area is 193 Å². The van der Waals surface area contributed by atoms with E-state index in [0.717, 1.165) is 33.2 Å². The van der Waals surface area contributed by atoms with E-state index in [-0.39, 0.29) is 6.42 Å². The summed E-state index contributed by atoms with van der Waals surface area (Å²) in [6.45, 7) is 0.141. The minimum absolute atomic E-state index is 0.0851. The molecule has 4 rings (SSSR count). The van der Waals surface area contributed by atoms with E-state index in [0.29, 0.717) is 24.6 Å². The summed E-state index contributed by atoms with van der Waals surface area (Å²) in [6.07, 6.45) is 5.49. The minimum atomic E-state index is -0.812. The van der Waals surface area contributed by atoms with Crippen LogP contribution in [0.1, 0.15) is 37.7 Å². The van der Waals surface area contributed by atoms with Crippen LogP contribution >= 0.6 is 0 Å². The zero-order valence-electron chi connectivity index (χ0n) is 18.5. The number of nitrogens with one attached hydrogen (secondary N) is 1. The molecule has 0 atom stereocenters. The highest BCUT2D eigenvalue weighted by atomic mass is 16.5. The fourth-order valence-corrected chi connectivity index (χ4v) is 4.41. The fourth-order valence-electron chi connectivity index (χ4n) is 4.41. The third kappa shape index (κ3) is 5.90. The van der Waals surface area contributed by atoms with Crippen LogP contribution < -0.4 is 10.1 Å². The number of hydrogen-bond acceptors (Lipinski definition) is 4. The lowest BCUT2D eigenvalue weighted by Crippen LogP contribution is -2.15. The molecule has 1 fully saturated rings. The van der Waals surface area contributed by atoms with Gasteiger partial charge in [0.15, 0.2) is 0 Å². The number of benzene rings is 3. The van der Waals surface area contributed by atoms with Crippen molar-refractivity contribution in [3.63, 3.8) is 0 Å². The van der Waals surface area contributed by atoms with Crippen molar-refractivity contribution < 1.29 is 24.5 Å². The van der Waals surface area contributed by atoms with Gasteiger partial charge in [0, 0.05) is 17.7 Å². The van der Waals surface area contributed by atoms with Gasteiger partial charge in [-0.05, 0) is 77.4 Å². The van der Waals surface area contributed by atoms with Crippen molar-refractivity contribution in [1.82, 2.24) is 0 Å². The zero-order chi connectivity index (χ0) is 23.2. The maximum Gasteiger partial charge on any atom is 0.303 e. The number of rotatable bonds is 9. The molecule has 3 N–H and O–H groups in total. The van der Waals surface area contributed by atoms with Crippen LogP contribution in [0.25, 0.3) is 21.9 Å². The fraction of sp³-hybridized carbons (Fsp3) is 0.333. The second-order valence-corrected chi connectivity index (χ2v) is 8.67.